The minimum atomic E-state index is -4.82. The number of rotatable bonds is 5. The van der Waals surface area contributed by atoms with Gasteiger partial charge in [-0.2, -0.15) is 13.2 Å². The summed E-state index contributed by atoms with van der Waals surface area (Å²) in [4.78, 5) is 30.4. The van der Waals surface area contributed by atoms with E-state index in [4.69, 9.17) is 30.8 Å². The van der Waals surface area contributed by atoms with E-state index in [1.165, 1.54) is 12.3 Å². The fourth-order valence-corrected chi connectivity index (χ4v) is 6.31. The molecule has 1 saturated heterocycles. The van der Waals surface area contributed by atoms with Gasteiger partial charge in [-0.3, -0.25) is 14.5 Å². The molecule has 5 heterocycles. The summed E-state index contributed by atoms with van der Waals surface area (Å²) in [5, 5.41) is 4.12. The summed E-state index contributed by atoms with van der Waals surface area (Å²) in [6.45, 7) is 0.975. The lowest BCUT2D eigenvalue weighted by molar-refractivity contribution is -0.140. The quantitative estimate of drug-likeness (QED) is 0.241. The van der Waals surface area contributed by atoms with Gasteiger partial charge >= 0.3 is 11.9 Å². The predicted molar refractivity (Wildman–Crippen MR) is 152 cm³/mol. The predicted octanol–water partition coefficient (Wildman–Crippen LogP) is 5.84. The van der Waals surface area contributed by atoms with Gasteiger partial charge in [-0.15, -0.1) is 0 Å². The van der Waals surface area contributed by atoms with E-state index in [0.29, 0.717) is 52.0 Å². The van der Waals surface area contributed by atoms with E-state index in [-0.39, 0.29) is 30.2 Å². The van der Waals surface area contributed by atoms with Crippen LogP contribution in [0, 0.1) is 5.82 Å². The van der Waals surface area contributed by atoms with Gasteiger partial charge in [0.25, 0.3) is 0 Å². The molecule has 2 fully saturated rings. The molecule has 2 aliphatic rings. The van der Waals surface area contributed by atoms with Crippen molar-refractivity contribution < 1.29 is 26.8 Å². The maximum atomic E-state index is 14.7. The summed E-state index contributed by atoms with van der Waals surface area (Å²) in [7, 11) is 0. The van der Waals surface area contributed by atoms with Crippen LogP contribution in [0.25, 0.3) is 33.8 Å². The van der Waals surface area contributed by atoms with Crippen LogP contribution in [0.4, 0.5) is 23.5 Å². The molecule has 0 bridgehead atoms. The second-order valence-corrected chi connectivity index (χ2v) is 11.3. The molecule has 1 aliphatic heterocycles. The lowest BCUT2D eigenvalue weighted by Gasteiger charge is -2.44. The number of hydrogen-bond acceptors (Lipinski definition) is 8. The fraction of sp³-hybridized carbons (Fsp3) is 0.345. The Morgan fingerprint density at radius 2 is 1.93 bits per heavy atom. The number of ether oxygens (including phenoxy) is 1. The number of halogens is 5. The Hall–Kier alpha value is -4.30. The van der Waals surface area contributed by atoms with Gasteiger partial charge in [0.2, 0.25) is 11.8 Å². The van der Waals surface area contributed by atoms with Crippen LogP contribution in [0.2, 0.25) is 5.02 Å². The topological polar surface area (TPSA) is 115 Å². The second kappa shape index (κ2) is 11.0. The first kappa shape index (κ1) is 28.5. The van der Waals surface area contributed by atoms with E-state index in [1.807, 2.05) is 4.57 Å². The first-order chi connectivity index (χ1) is 21.2. The Morgan fingerprint density at radius 3 is 2.68 bits per heavy atom. The van der Waals surface area contributed by atoms with Crippen LogP contribution in [0.15, 0.2) is 52.0 Å². The van der Waals surface area contributed by atoms with Gasteiger partial charge in [-0.1, -0.05) is 35.7 Å². The van der Waals surface area contributed by atoms with Crippen molar-refractivity contribution in [3.05, 3.63) is 75.2 Å². The van der Waals surface area contributed by atoms with Gasteiger partial charge < -0.3 is 14.2 Å². The van der Waals surface area contributed by atoms with Crippen molar-refractivity contribution >= 4 is 28.6 Å². The first-order valence-electron chi connectivity index (χ1n) is 14.0. The van der Waals surface area contributed by atoms with E-state index in [2.05, 4.69) is 20.0 Å². The van der Waals surface area contributed by atoms with Crippen molar-refractivity contribution in [3.8, 4) is 22.8 Å². The minimum absolute atomic E-state index is 0.000215. The fourth-order valence-electron chi connectivity index (χ4n) is 6.13. The van der Waals surface area contributed by atoms with Gasteiger partial charge in [-0.25, -0.2) is 19.2 Å². The number of hydrogen-bond donors (Lipinski definition) is 1. The molecule has 228 valence electrons. The number of aromatic nitrogens is 6. The Kier molecular flexibility index (Phi) is 7.12. The zero-order valence-electron chi connectivity index (χ0n) is 22.9. The van der Waals surface area contributed by atoms with Crippen LogP contribution in [-0.4, -0.2) is 55.0 Å². The van der Waals surface area contributed by atoms with Crippen molar-refractivity contribution in [3.63, 3.8) is 0 Å². The number of fused-ring (bicyclic) bond motifs is 2. The van der Waals surface area contributed by atoms with E-state index < -0.39 is 23.3 Å². The summed E-state index contributed by atoms with van der Waals surface area (Å²) in [6.07, 6.45) is 2.03. The van der Waals surface area contributed by atoms with Gasteiger partial charge in [-0.05, 0) is 42.7 Å². The highest BCUT2D eigenvalue weighted by molar-refractivity contribution is 6.30. The highest BCUT2D eigenvalue weighted by atomic mass is 35.5. The lowest BCUT2D eigenvalue weighted by Crippen LogP contribution is -2.53. The average Bonchev–Trinajstić information content (AvgIpc) is 3.59. The third-order valence-corrected chi connectivity index (χ3v) is 8.24. The molecule has 1 aliphatic carbocycles. The maximum absolute atomic E-state index is 14.7. The van der Waals surface area contributed by atoms with Crippen LogP contribution in [0.1, 0.15) is 36.8 Å². The number of nitrogens with one attached hydrogen (secondary N) is 1. The first-order valence-corrected chi connectivity index (χ1v) is 14.4. The van der Waals surface area contributed by atoms with Crippen molar-refractivity contribution in [2.75, 3.05) is 18.1 Å². The van der Waals surface area contributed by atoms with E-state index in [1.54, 1.807) is 18.3 Å². The molecule has 0 amide bonds. The van der Waals surface area contributed by atoms with E-state index in [0.717, 1.165) is 37.8 Å². The Balaban J connectivity index is 1.47. The van der Waals surface area contributed by atoms with Crippen molar-refractivity contribution in [2.24, 2.45) is 0 Å². The number of H-pyrrole nitrogens is 1. The smallest absolute Gasteiger partial charge is 0.374 e. The average molecular weight is 630 g/mol. The molecule has 1 N–H and O–H groups in total. The van der Waals surface area contributed by atoms with Crippen molar-refractivity contribution in [2.45, 2.75) is 50.6 Å². The van der Waals surface area contributed by atoms with Gasteiger partial charge in [0.05, 0.1) is 52.6 Å². The third-order valence-electron chi connectivity index (χ3n) is 8.03. The van der Waals surface area contributed by atoms with Crippen LogP contribution in [-0.2, 0) is 17.5 Å². The van der Waals surface area contributed by atoms with Crippen LogP contribution >= 0.6 is 11.6 Å². The normalized spacial score (nSPS) is 19.0. The van der Waals surface area contributed by atoms with E-state index in [9.17, 15) is 22.4 Å². The van der Waals surface area contributed by atoms with Crippen LogP contribution < -0.4 is 10.7 Å². The molecule has 44 heavy (non-hydrogen) atoms. The molecule has 1 saturated carbocycles. The molecular formula is C29H24ClF4N7O3. The number of alkyl halides is 3. The Bertz CT molecular complexity index is 1920. The van der Waals surface area contributed by atoms with Gasteiger partial charge in [0.1, 0.15) is 11.5 Å². The number of imidazole rings is 1. The SMILES string of the molecule is O=c1[nH]c(-c2cc3nc(N4CCO[C@@H]5CCCC[C@H]54)n(Cc4ccc(C(F)(F)F)c(F)c4)c3c(-c3cncc(Cl)c3)n2)no1. The molecule has 5 aromatic rings. The zero-order chi connectivity index (χ0) is 30.6. The zero-order valence-corrected chi connectivity index (χ0v) is 23.7. The summed E-state index contributed by atoms with van der Waals surface area (Å²) < 4.78 is 67.4. The summed E-state index contributed by atoms with van der Waals surface area (Å²) >= 11 is 6.30. The molecule has 0 unspecified atom stereocenters. The Morgan fingerprint density at radius 1 is 1.09 bits per heavy atom. The van der Waals surface area contributed by atoms with E-state index >= 15 is 0 Å². The standard InChI is InChI=1S/C29H24ClF4N7O3/c30-17-10-16(12-35-13-17)24-25-20(11-21(36-24)26-38-28(42)44-39-26)37-27(40-7-8-43-23-4-2-1-3-22(23)40)41(25)14-15-5-6-18(19(31)9-15)29(32,33)34/h5-6,9-13,22-23H,1-4,7-8,14H2,(H,38,39,42)/t22-,23-/m1/s1. The third kappa shape index (κ3) is 5.21. The van der Waals surface area contributed by atoms with Crippen LogP contribution in [0.3, 0.4) is 0 Å². The number of nitrogens with zero attached hydrogens (tertiary/aromatic N) is 6. The molecule has 10 nitrogen and oxygen atoms in total. The van der Waals surface area contributed by atoms with Gasteiger partial charge in [0, 0.05) is 24.5 Å². The molecule has 4 aromatic heterocycles. The van der Waals surface area contributed by atoms with Gasteiger partial charge in [0.15, 0.2) is 0 Å². The molecule has 7 rings (SSSR count). The highest BCUT2D eigenvalue weighted by Crippen LogP contribution is 2.38. The molecular weight excluding hydrogens is 606 g/mol. The molecule has 1 aromatic carbocycles. The number of aromatic amines is 1. The lowest BCUT2D eigenvalue weighted by atomic mass is 9.90. The Labute approximate surface area is 251 Å². The molecule has 2 atom stereocenters. The number of anilines is 1. The monoisotopic (exact) mass is 629 g/mol. The summed E-state index contributed by atoms with van der Waals surface area (Å²) in [6, 6.07) is 6.21. The summed E-state index contributed by atoms with van der Waals surface area (Å²) in [5.74, 6) is -1.52. The molecule has 0 spiro atoms. The number of benzene rings is 1. The highest BCUT2D eigenvalue weighted by Gasteiger charge is 2.38. The molecule has 15 heteroatoms. The second-order valence-electron chi connectivity index (χ2n) is 10.8. The minimum Gasteiger partial charge on any atom is -0.374 e. The molecule has 0 radical (unpaired) electrons. The maximum Gasteiger partial charge on any atom is 0.439 e. The van der Waals surface area contributed by atoms with Crippen LogP contribution in [0.5, 0.6) is 0 Å². The largest absolute Gasteiger partial charge is 0.439 e. The number of morpholine rings is 1. The van der Waals surface area contributed by atoms with Crippen molar-refractivity contribution in [1.82, 2.24) is 29.7 Å². The number of pyridine rings is 2. The van der Waals surface area contributed by atoms with Crippen molar-refractivity contribution in [1.29, 1.82) is 0 Å². The summed E-state index contributed by atoms with van der Waals surface area (Å²) in [5.41, 5.74) is 1.06.